The number of fused-ring (bicyclic) bond motifs is 2. The molecule has 0 atom stereocenters. The predicted molar refractivity (Wildman–Crippen MR) is 104 cm³/mol. The molecule has 5 heteroatoms. The van der Waals surface area contributed by atoms with E-state index in [1.165, 1.54) is 0 Å². The van der Waals surface area contributed by atoms with Crippen molar-refractivity contribution in [1.29, 1.82) is 0 Å². The number of rotatable bonds is 4. The third kappa shape index (κ3) is 3.03. The van der Waals surface area contributed by atoms with Crippen molar-refractivity contribution in [3.05, 3.63) is 51.9 Å². The van der Waals surface area contributed by atoms with E-state index >= 15 is 0 Å². The lowest BCUT2D eigenvalue weighted by Gasteiger charge is -2.19. The third-order valence-corrected chi connectivity index (χ3v) is 4.76. The molecule has 4 rings (SSSR count). The highest BCUT2D eigenvalue weighted by atomic mass is 16.6. The minimum atomic E-state index is -0.0526. The van der Waals surface area contributed by atoms with Gasteiger partial charge in [0.25, 0.3) is 0 Å². The van der Waals surface area contributed by atoms with Crippen LogP contribution in [0.5, 0.6) is 17.2 Å². The Kier molecular flexibility index (Phi) is 4.52. The Balaban J connectivity index is 1.91. The molecule has 0 aliphatic carbocycles. The van der Waals surface area contributed by atoms with Crippen LogP contribution in [0.25, 0.3) is 22.1 Å². The van der Waals surface area contributed by atoms with Gasteiger partial charge in [-0.05, 0) is 49.6 Å². The van der Waals surface area contributed by atoms with Crippen molar-refractivity contribution in [1.82, 2.24) is 0 Å². The quantitative estimate of drug-likeness (QED) is 0.680. The molecule has 27 heavy (non-hydrogen) atoms. The number of hydrogen-bond acceptors (Lipinski definition) is 5. The fraction of sp³-hybridized carbons (Fsp3) is 0.318. The molecular weight excluding hydrogens is 344 g/mol. The Labute approximate surface area is 157 Å². The topological polar surface area (TPSA) is 57.9 Å². The van der Waals surface area contributed by atoms with Gasteiger partial charge < -0.3 is 18.6 Å². The first-order valence-electron chi connectivity index (χ1n) is 9.25. The summed E-state index contributed by atoms with van der Waals surface area (Å²) < 4.78 is 22.9. The molecule has 3 aromatic rings. The zero-order valence-electron chi connectivity index (χ0n) is 15.8. The van der Waals surface area contributed by atoms with Crippen molar-refractivity contribution < 1.29 is 18.6 Å². The highest BCUT2D eigenvalue weighted by Crippen LogP contribution is 2.35. The third-order valence-electron chi connectivity index (χ3n) is 4.76. The van der Waals surface area contributed by atoms with Crippen molar-refractivity contribution in [3.63, 3.8) is 0 Å². The van der Waals surface area contributed by atoms with E-state index in [9.17, 15) is 4.79 Å². The summed E-state index contributed by atoms with van der Waals surface area (Å²) in [6, 6.07) is 9.25. The first-order valence-corrected chi connectivity index (χ1v) is 9.25. The maximum Gasteiger partial charge on any atom is 0.200 e. The van der Waals surface area contributed by atoms with Gasteiger partial charge in [0.05, 0.1) is 17.6 Å². The molecular formula is C22H22O5. The van der Waals surface area contributed by atoms with E-state index in [1.807, 2.05) is 44.2 Å². The molecule has 0 N–H and O–H groups in total. The Hall–Kier alpha value is -2.95. The van der Waals surface area contributed by atoms with E-state index in [2.05, 4.69) is 0 Å². The Bertz CT molecular complexity index is 1060. The van der Waals surface area contributed by atoms with Gasteiger partial charge in [0.1, 0.15) is 30.3 Å². The highest BCUT2D eigenvalue weighted by molar-refractivity contribution is 5.85. The van der Waals surface area contributed by atoms with Gasteiger partial charge in [-0.25, -0.2) is 0 Å². The van der Waals surface area contributed by atoms with Crippen molar-refractivity contribution in [3.8, 4) is 28.4 Å². The number of aryl methyl sites for hydroxylation is 2. The molecule has 1 aliphatic heterocycles. The van der Waals surface area contributed by atoms with Crippen LogP contribution in [0.2, 0.25) is 0 Å². The molecule has 1 aromatic heterocycles. The van der Waals surface area contributed by atoms with Gasteiger partial charge in [0, 0.05) is 6.07 Å². The van der Waals surface area contributed by atoms with Crippen molar-refractivity contribution in [2.24, 2.45) is 0 Å². The van der Waals surface area contributed by atoms with Gasteiger partial charge in [-0.2, -0.15) is 0 Å². The molecule has 5 nitrogen and oxygen atoms in total. The molecule has 0 unspecified atom stereocenters. The van der Waals surface area contributed by atoms with Gasteiger partial charge in [-0.3, -0.25) is 4.79 Å². The van der Waals surface area contributed by atoms with E-state index in [1.54, 1.807) is 6.92 Å². The molecule has 2 heterocycles. The lowest BCUT2D eigenvalue weighted by Crippen LogP contribution is -2.15. The van der Waals surface area contributed by atoms with Crippen LogP contribution in [0.1, 0.15) is 25.2 Å². The largest absolute Gasteiger partial charge is 0.493 e. The van der Waals surface area contributed by atoms with Crippen molar-refractivity contribution in [2.45, 2.75) is 27.2 Å². The monoisotopic (exact) mass is 366 g/mol. The van der Waals surface area contributed by atoms with E-state index in [4.69, 9.17) is 18.6 Å². The maximum absolute atomic E-state index is 13.3. The first kappa shape index (κ1) is 17.5. The van der Waals surface area contributed by atoms with Gasteiger partial charge in [-0.1, -0.05) is 13.0 Å². The Morgan fingerprint density at radius 1 is 1.04 bits per heavy atom. The smallest absolute Gasteiger partial charge is 0.200 e. The van der Waals surface area contributed by atoms with E-state index in [0.29, 0.717) is 53.6 Å². The zero-order valence-corrected chi connectivity index (χ0v) is 15.8. The number of ether oxygens (including phenoxy) is 3. The second-order valence-corrected chi connectivity index (χ2v) is 6.46. The summed E-state index contributed by atoms with van der Waals surface area (Å²) in [6.45, 7) is 7.39. The summed E-state index contributed by atoms with van der Waals surface area (Å²) in [7, 11) is 0. The van der Waals surface area contributed by atoms with Crippen LogP contribution in [0.15, 0.2) is 39.5 Å². The summed E-state index contributed by atoms with van der Waals surface area (Å²) in [5, 5.41) is 0.561. The molecule has 0 spiro atoms. The molecule has 0 radical (unpaired) electrons. The summed E-state index contributed by atoms with van der Waals surface area (Å²) in [6.07, 6.45) is 0.776. The normalized spacial score (nSPS) is 13.0. The Morgan fingerprint density at radius 3 is 2.56 bits per heavy atom. The van der Waals surface area contributed by atoms with Crippen LogP contribution in [-0.4, -0.2) is 19.8 Å². The van der Waals surface area contributed by atoms with Crippen LogP contribution < -0.4 is 19.6 Å². The Morgan fingerprint density at radius 2 is 1.81 bits per heavy atom. The first-order chi connectivity index (χ1) is 13.1. The standard InChI is InChI=1S/C22H22O5/c1-4-14-10-16-19(12-18(14)24-5-2)27-13(3)21(22(16)23)15-6-7-17-20(11-15)26-9-8-25-17/h6-7,10-12H,4-5,8-9H2,1-3H3. The van der Waals surface area contributed by atoms with E-state index < -0.39 is 0 Å². The lowest BCUT2D eigenvalue weighted by atomic mass is 10.00. The second kappa shape index (κ2) is 6.99. The SMILES string of the molecule is CCOc1cc2oc(C)c(-c3ccc4c(c3)OCCO4)c(=O)c2cc1CC. The zero-order chi connectivity index (χ0) is 19.0. The molecule has 0 bridgehead atoms. The van der Waals surface area contributed by atoms with Crippen LogP contribution in [0.3, 0.4) is 0 Å². The molecule has 0 fully saturated rings. The summed E-state index contributed by atoms with van der Waals surface area (Å²) in [5.74, 6) is 2.68. The fourth-order valence-electron chi connectivity index (χ4n) is 3.48. The van der Waals surface area contributed by atoms with Crippen molar-refractivity contribution >= 4 is 11.0 Å². The van der Waals surface area contributed by atoms with Crippen LogP contribution >= 0.6 is 0 Å². The van der Waals surface area contributed by atoms with Gasteiger partial charge >= 0.3 is 0 Å². The molecule has 140 valence electrons. The van der Waals surface area contributed by atoms with E-state index in [-0.39, 0.29) is 5.43 Å². The highest BCUT2D eigenvalue weighted by Gasteiger charge is 2.19. The minimum Gasteiger partial charge on any atom is -0.493 e. The van der Waals surface area contributed by atoms with Gasteiger partial charge in [-0.15, -0.1) is 0 Å². The fourth-order valence-corrected chi connectivity index (χ4v) is 3.48. The summed E-state index contributed by atoms with van der Waals surface area (Å²) in [4.78, 5) is 13.3. The molecule has 0 saturated carbocycles. The average Bonchev–Trinajstić information content (AvgIpc) is 2.68. The lowest BCUT2D eigenvalue weighted by molar-refractivity contribution is 0.171. The van der Waals surface area contributed by atoms with Crippen LogP contribution in [-0.2, 0) is 6.42 Å². The maximum atomic E-state index is 13.3. The van der Waals surface area contributed by atoms with Crippen LogP contribution in [0, 0.1) is 6.92 Å². The van der Waals surface area contributed by atoms with Crippen LogP contribution in [0.4, 0.5) is 0 Å². The summed E-state index contributed by atoms with van der Waals surface area (Å²) in [5.41, 5.74) is 2.79. The predicted octanol–water partition coefficient (Wildman–Crippen LogP) is 4.50. The molecule has 0 saturated heterocycles. The van der Waals surface area contributed by atoms with Gasteiger partial charge in [0.2, 0.25) is 5.43 Å². The molecule has 2 aromatic carbocycles. The summed E-state index contributed by atoms with van der Waals surface area (Å²) >= 11 is 0. The minimum absolute atomic E-state index is 0.0526. The average molecular weight is 366 g/mol. The van der Waals surface area contributed by atoms with E-state index in [0.717, 1.165) is 23.3 Å². The molecule has 0 amide bonds. The number of hydrogen-bond donors (Lipinski definition) is 0. The van der Waals surface area contributed by atoms with Crippen molar-refractivity contribution in [2.75, 3.05) is 19.8 Å². The molecule has 1 aliphatic rings. The second-order valence-electron chi connectivity index (χ2n) is 6.46. The van der Waals surface area contributed by atoms with Gasteiger partial charge in [0.15, 0.2) is 11.5 Å². The number of benzene rings is 2.